The van der Waals surface area contributed by atoms with Crippen LogP contribution in [-0.2, 0) is 6.54 Å². The predicted octanol–water partition coefficient (Wildman–Crippen LogP) is 4.04. The zero-order chi connectivity index (χ0) is 17.6. The Labute approximate surface area is 154 Å². The molecule has 1 aliphatic rings. The fraction of sp³-hybridized carbons (Fsp3) is 0.450. The molecular formula is C20H26ClN3O. The summed E-state index contributed by atoms with van der Waals surface area (Å²) in [6, 6.07) is 12.6. The van der Waals surface area contributed by atoms with Crippen LogP contribution in [0.1, 0.15) is 36.8 Å². The third-order valence-electron chi connectivity index (χ3n) is 4.99. The smallest absolute Gasteiger partial charge is 0.279 e. The van der Waals surface area contributed by atoms with Crippen LogP contribution >= 0.6 is 11.6 Å². The Hall–Kier alpha value is -1.78. The zero-order valence-electron chi connectivity index (χ0n) is 14.7. The molecule has 0 spiro atoms. The van der Waals surface area contributed by atoms with Gasteiger partial charge in [0.05, 0.1) is 17.3 Å². The summed E-state index contributed by atoms with van der Waals surface area (Å²) in [6.07, 6.45) is 6.06. The predicted molar refractivity (Wildman–Crippen MR) is 103 cm³/mol. The molecule has 0 aliphatic heterocycles. The van der Waals surface area contributed by atoms with Gasteiger partial charge in [0.1, 0.15) is 0 Å². The van der Waals surface area contributed by atoms with Crippen LogP contribution in [0.4, 0.5) is 5.82 Å². The highest BCUT2D eigenvalue weighted by atomic mass is 35.5. The molecule has 2 N–H and O–H groups in total. The highest BCUT2D eigenvalue weighted by molar-refractivity contribution is 6.31. The first-order chi connectivity index (χ1) is 12.1. The molecule has 0 atom stereocenters. The van der Waals surface area contributed by atoms with E-state index in [2.05, 4.69) is 34.9 Å². The molecule has 2 aromatic rings. The van der Waals surface area contributed by atoms with Crippen LogP contribution in [0.25, 0.3) is 0 Å². The monoisotopic (exact) mass is 359 g/mol. The number of pyridine rings is 1. The van der Waals surface area contributed by atoms with Crippen LogP contribution in [0, 0.1) is 18.0 Å². The minimum absolute atomic E-state index is 0.351. The van der Waals surface area contributed by atoms with Crippen molar-refractivity contribution >= 4 is 17.4 Å². The first-order valence-corrected chi connectivity index (χ1v) is 9.40. The molecule has 1 heterocycles. The number of aryl methyl sites for hydroxylation is 1. The van der Waals surface area contributed by atoms with Crippen LogP contribution in [0.5, 0.6) is 0 Å². The second-order valence-corrected chi connectivity index (χ2v) is 7.40. The van der Waals surface area contributed by atoms with Crippen LogP contribution < -0.4 is 15.4 Å². The summed E-state index contributed by atoms with van der Waals surface area (Å²) in [5, 5.41) is 19.6. The maximum atomic E-state index is 12.0. The largest absolute Gasteiger partial charge is 0.711 e. The van der Waals surface area contributed by atoms with Gasteiger partial charge in [-0.25, -0.2) is 4.73 Å². The van der Waals surface area contributed by atoms with E-state index in [4.69, 9.17) is 11.6 Å². The molecule has 134 valence electrons. The van der Waals surface area contributed by atoms with E-state index in [1.54, 1.807) is 6.07 Å². The van der Waals surface area contributed by atoms with Crippen molar-refractivity contribution < 1.29 is 4.73 Å². The summed E-state index contributed by atoms with van der Waals surface area (Å²) in [7, 11) is 0. The van der Waals surface area contributed by atoms with Crippen LogP contribution in [0.3, 0.4) is 0 Å². The van der Waals surface area contributed by atoms with Gasteiger partial charge in [0.15, 0.2) is 0 Å². The molecular weight excluding hydrogens is 334 g/mol. The Balaban J connectivity index is 1.42. The quantitative estimate of drug-likeness (QED) is 0.604. The van der Waals surface area contributed by atoms with Crippen LogP contribution in [0.2, 0.25) is 5.02 Å². The topological polar surface area (TPSA) is 51.0 Å². The fourth-order valence-electron chi connectivity index (χ4n) is 3.45. The first kappa shape index (κ1) is 18.0. The van der Waals surface area contributed by atoms with E-state index in [0.29, 0.717) is 22.8 Å². The molecule has 5 heteroatoms. The lowest BCUT2D eigenvalue weighted by atomic mass is 9.86. The average molecular weight is 360 g/mol. The molecule has 3 rings (SSSR count). The molecule has 0 amide bonds. The van der Waals surface area contributed by atoms with E-state index >= 15 is 0 Å². The number of benzene rings is 1. The van der Waals surface area contributed by atoms with Crippen LogP contribution in [0.15, 0.2) is 42.6 Å². The summed E-state index contributed by atoms with van der Waals surface area (Å²) in [4.78, 5) is 0. The number of aromatic nitrogens is 1. The molecule has 0 radical (unpaired) electrons. The number of nitrogens with one attached hydrogen (secondary N) is 2. The van der Waals surface area contributed by atoms with E-state index < -0.39 is 0 Å². The Morgan fingerprint density at radius 1 is 1.16 bits per heavy atom. The number of anilines is 1. The summed E-state index contributed by atoms with van der Waals surface area (Å²) in [5.74, 6) is 1.27. The number of hydrogen-bond acceptors (Lipinski definition) is 3. The second-order valence-electron chi connectivity index (χ2n) is 6.99. The van der Waals surface area contributed by atoms with Gasteiger partial charge in [-0.1, -0.05) is 41.9 Å². The Morgan fingerprint density at radius 3 is 2.60 bits per heavy atom. The minimum Gasteiger partial charge on any atom is -0.711 e. The van der Waals surface area contributed by atoms with Crippen molar-refractivity contribution in [2.45, 2.75) is 45.2 Å². The summed E-state index contributed by atoms with van der Waals surface area (Å²) in [6.45, 7) is 3.82. The zero-order valence-corrected chi connectivity index (χ0v) is 15.4. The Kier molecular flexibility index (Phi) is 6.16. The molecule has 1 aliphatic carbocycles. The Morgan fingerprint density at radius 2 is 1.88 bits per heavy atom. The second kappa shape index (κ2) is 8.54. The molecule has 1 saturated carbocycles. The summed E-state index contributed by atoms with van der Waals surface area (Å²) in [5.41, 5.74) is 2.13. The van der Waals surface area contributed by atoms with Crippen molar-refractivity contribution in [1.82, 2.24) is 5.32 Å². The van der Waals surface area contributed by atoms with E-state index in [1.165, 1.54) is 24.6 Å². The van der Waals surface area contributed by atoms with Gasteiger partial charge in [0.2, 0.25) is 0 Å². The standard InChI is InChI=1S/C20H26ClN3O/c1-15-14-24(25)20(11-19(15)21)23-18-9-7-17(8-10-18)13-22-12-16-5-3-2-4-6-16/h2-6,11,14,17-18,22-23H,7-10,12-13H2,1H3/t17-,18+. The fourth-order valence-corrected chi connectivity index (χ4v) is 3.60. The lowest BCUT2D eigenvalue weighted by molar-refractivity contribution is -0.590. The average Bonchev–Trinajstić information content (AvgIpc) is 2.62. The van der Waals surface area contributed by atoms with Gasteiger partial charge in [0.25, 0.3) is 5.82 Å². The SMILES string of the molecule is Cc1c[n+]([O-])c(N[C@H]2CC[C@@H](CNCc3ccccc3)CC2)cc1Cl. The van der Waals surface area contributed by atoms with Crippen molar-refractivity contribution in [2.24, 2.45) is 5.92 Å². The van der Waals surface area contributed by atoms with Gasteiger partial charge in [0, 0.05) is 18.2 Å². The normalized spacial score (nSPS) is 20.4. The van der Waals surface area contributed by atoms with Gasteiger partial charge in [-0.3, -0.25) is 5.32 Å². The minimum atomic E-state index is 0.351. The van der Waals surface area contributed by atoms with E-state index in [-0.39, 0.29) is 0 Å². The van der Waals surface area contributed by atoms with Gasteiger partial charge in [-0.2, -0.15) is 0 Å². The number of halogens is 1. The lowest BCUT2D eigenvalue weighted by Crippen LogP contribution is -2.37. The number of rotatable bonds is 6. The number of nitrogens with zero attached hydrogens (tertiary/aromatic N) is 1. The molecule has 0 bridgehead atoms. The van der Waals surface area contributed by atoms with Crippen molar-refractivity contribution in [1.29, 1.82) is 0 Å². The lowest BCUT2D eigenvalue weighted by Gasteiger charge is -2.27. The van der Waals surface area contributed by atoms with Crippen molar-refractivity contribution in [3.8, 4) is 0 Å². The first-order valence-electron chi connectivity index (χ1n) is 9.02. The highest BCUT2D eigenvalue weighted by Crippen LogP contribution is 2.26. The molecule has 1 aromatic heterocycles. The van der Waals surface area contributed by atoms with Gasteiger partial charge in [-0.15, -0.1) is 0 Å². The summed E-state index contributed by atoms with van der Waals surface area (Å²) >= 11 is 6.13. The molecule has 1 aromatic carbocycles. The Bertz CT molecular complexity index is 685. The summed E-state index contributed by atoms with van der Waals surface area (Å²) < 4.78 is 0.884. The third-order valence-corrected chi connectivity index (χ3v) is 5.40. The van der Waals surface area contributed by atoms with E-state index in [9.17, 15) is 5.21 Å². The molecule has 1 fully saturated rings. The maximum absolute atomic E-state index is 12.0. The van der Waals surface area contributed by atoms with Gasteiger partial charge < -0.3 is 10.5 Å². The van der Waals surface area contributed by atoms with E-state index in [0.717, 1.165) is 36.2 Å². The maximum Gasteiger partial charge on any atom is 0.279 e. The molecule has 4 nitrogen and oxygen atoms in total. The van der Waals surface area contributed by atoms with Crippen molar-refractivity contribution in [3.63, 3.8) is 0 Å². The van der Waals surface area contributed by atoms with E-state index in [1.807, 2.05) is 13.0 Å². The van der Waals surface area contributed by atoms with Crippen LogP contribution in [-0.4, -0.2) is 12.6 Å². The van der Waals surface area contributed by atoms with Gasteiger partial charge in [-0.05, 0) is 50.6 Å². The van der Waals surface area contributed by atoms with Gasteiger partial charge >= 0.3 is 0 Å². The highest BCUT2D eigenvalue weighted by Gasteiger charge is 2.24. The van der Waals surface area contributed by atoms with Crippen molar-refractivity contribution in [3.05, 3.63) is 64.0 Å². The number of hydrogen-bond donors (Lipinski definition) is 2. The molecule has 0 unspecified atom stereocenters. The van der Waals surface area contributed by atoms with Crippen molar-refractivity contribution in [2.75, 3.05) is 11.9 Å². The molecule has 25 heavy (non-hydrogen) atoms. The third kappa shape index (κ3) is 5.10. The molecule has 0 saturated heterocycles.